The Balaban J connectivity index is 1.94. The molecule has 2 rings (SSSR count). The van der Waals surface area contributed by atoms with Crippen molar-refractivity contribution in [3.8, 4) is 0 Å². The molecule has 0 saturated heterocycles. The van der Waals surface area contributed by atoms with Gasteiger partial charge >= 0.3 is 5.97 Å². The highest BCUT2D eigenvalue weighted by Crippen LogP contribution is 2.45. The van der Waals surface area contributed by atoms with E-state index in [4.69, 9.17) is 5.11 Å². The van der Waals surface area contributed by atoms with Crippen molar-refractivity contribution >= 4 is 17.7 Å². The smallest absolute Gasteiger partial charge is 0.307 e. The van der Waals surface area contributed by atoms with Crippen LogP contribution in [0.5, 0.6) is 0 Å². The van der Waals surface area contributed by atoms with Crippen molar-refractivity contribution in [1.82, 2.24) is 0 Å². The molecule has 1 saturated carbocycles. The maximum Gasteiger partial charge on any atom is 0.307 e. The van der Waals surface area contributed by atoms with E-state index in [0.29, 0.717) is 0 Å². The van der Waals surface area contributed by atoms with E-state index in [2.05, 4.69) is 0 Å². The van der Waals surface area contributed by atoms with Crippen molar-refractivity contribution in [2.75, 3.05) is 0 Å². The first-order valence-corrected chi connectivity index (χ1v) is 5.20. The number of thioether (sulfide) groups is 1. The first-order chi connectivity index (χ1) is 6.66. The van der Waals surface area contributed by atoms with Crippen LogP contribution >= 0.6 is 11.8 Å². The summed E-state index contributed by atoms with van der Waals surface area (Å²) < 4.78 is 12.5. The van der Waals surface area contributed by atoms with Crippen molar-refractivity contribution in [3.63, 3.8) is 0 Å². The van der Waals surface area contributed by atoms with Crippen LogP contribution in [0.2, 0.25) is 0 Å². The van der Waals surface area contributed by atoms with Crippen LogP contribution < -0.4 is 0 Å². The zero-order valence-corrected chi connectivity index (χ0v) is 8.13. The van der Waals surface area contributed by atoms with E-state index in [1.54, 1.807) is 12.1 Å². The largest absolute Gasteiger partial charge is 0.481 e. The molecule has 0 radical (unpaired) electrons. The summed E-state index contributed by atoms with van der Waals surface area (Å²) in [6, 6.07) is 6.13. The van der Waals surface area contributed by atoms with Gasteiger partial charge < -0.3 is 5.11 Å². The van der Waals surface area contributed by atoms with Crippen molar-refractivity contribution in [1.29, 1.82) is 0 Å². The second-order valence-electron chi connectivity index (χ2n) is 3.29. The Bertz CT molecular complexity index is 350. The van der Waals surface area contributed by atoms with Gasteiger partial charge in [-0.15, -0.1) is 11.8 Å². The average Bonchev–Trinajstić information content (AvgIpc) is 2.88. The highest BCUT2D eigenvalue weighted by Gasteiger charge is 2.43. The summed E-state index contributed by atoms with van der Waals surface area (Å²) >= 11 is 1.51. The van der Waals surface area contributed by atoms with Crippen LogP contribution in [0, 0.1) is 11.7 Å². The van der Waals surface area contributed by atoms with Crippen molar-refractivity contribution in [2.45, 2.75) is 16.6 Å². The third kappa shape index (κ3) is 2.07. The van der Waals surface area contributed by atoms with Gasteiger partial charge in [0, 0.05) is 10.1 Å². The average molecular weight is 212 g/mol. The van der Waals surface area contributed by atoms with Gasteiger partial charge in [-0.2, -0.15) is 0 Å². The van der Waals surface area contributed by atoms with Crippen LogP contribution in [0.4, 0.5) is 4.39 Å². The lowest BCUT2D eigenvalue weighted by atomic mass is 10.4. The zero-order valence-electron chi connectivity index (χ0n) is 7.31. The molecule has 14 heavy (non-hydrogen) atoms. The Morgan fingerprint density at radius 3 is 2.57 bits per heavy atom. The van der Waals surface area contributed by atoms with E-state index in [0.717, 1.165) is 11.3 Å². The molecule has 0 spiro atoms. The molecular weight excluding hydrogens is 203 g/mol. The molecule has 1 aromatic rings. The minimum atomic E-state index is -0.732. The summed E-state index contributed by atoms with van der Waals surface area (Å²) in [7, 11) is 0. The summed E-state index contributed by atoms with van der Waals surface area (Å²) in [4.78, 5) is 11.5. The molecule has 1 aliphatic rings. The molecule has 2 atom stereocenters. The van der Waals surface area contributed by atoms with Gasteiger partial charge in [0.25, 0.3) is 0 Å². The van der Waals surface area contributed by atoms with Gasteiger partial charge in [0.05, 0.1) is 5.92 Å². The van der Waals surface area contributed by atoms with E-state index in [-0.39, 0.29) is 17.0 Å². The number of halogens is 1. The first-order valence-electron chi connectivity index (χ1n) is 4.32. The Morgan fingerprint density at radius 2 is 2.07 bits per heavy atom. The number of benzene rings is 1. The third-order valence-electron chi connectivity index (χ3n) is 2.15. The minimum absolute atomic E-state index is 0.165. The normalized spacial score (nSPS) is 24.6. The second-order valence-corrected chi connectivity index (χ2v) is 4.60. The maximum absolute atomic E-state index is 12.5. The summed E-state index contributed by atoms with van der Waals surface area (Å²) in [5.41, 5.74) is 0. The summed E-state index contributed by atoms with van der Waals surface area (Å²) in [6.45, 7) is 0. The van der Waals surface area contributed by atoms with Crippen molar-refractivity contribution in [3.05, 3.63) is 30.1 Å². The van der Waals surface area contributed by atoms with Crippen LogP contribution in [0.1, 0.15) is 6.42 Å². The van der Waals surface area contributed by atoms with Crippen LogP contribution in [0.25, 0.3) is 0 Å². The number of carboxylic acid groups (broad SMARTS) is 1. The fraction of sp³-hybridized carbons (Fsp3) is 0.300. The Kier molecular flexibility index (Phi) is 2.46. The molecule has 4 heteroatoms. The molecular formula is C10H9FO2S. The molecule has 0 amide bonds. The molecule has 2 unspecified atom stereocenters. The van der Waals surface area contributed by atoms with E-state index < -0.39 is 5.97 Å². The number of hydrogen-bond acceptors (Lipinski definition) is 2. The predicted octanol–water partition coefficient (Wildman–Crippen LogP) is 2.39. The molecule has 1 N–H and O–H groups in total. The van der Waals surface area contributed by atoms with E-state index in [1.807, 2.05) is 0 Å². The minimum Gasteiger partial charge on any atom is -0.481 e. The predicted molar refractivity (Wildman–Crippen MR) is 51.8 cm³/mol. The van der Waals surface area contributed by atoms with Gasteiger partial charge in [0.2, 0.25) is 0 Å². The number of carboxylic acids is 1. The summed E-state index contributed by atoms with van der Waals surface area (Å²) in [5, 5.41) is 8.84. The number of rotatable bonds is 3. The Hall–Kier alpha value is -1.03. The van der Waals surface area contributed by atoms with E-state index >= 15 is 0 Å². The monoisotopic (exact) mass is 212 g/mol. The Morgan fingerprint density at radius 1 is 1.43 bits per heavy atom. The van der Waals surface area contributed by atoms with Gasteiger partial charge in [0.1, 0.15) is 5.82 Å². The van der Waals surface area contributed by atoms with Gasteiger partial charge in [0.15, 0.2) is 0 Å². The number of hydrogen-bond donors (Lipinski definition) is 1. The van der Waals surface area contributed by atoms with Crippen molar-refractivity contribution in [2.24, 2.45) is 5.92 Å². The summed E-state index contributed by atoms with van der Waals surface area (Å²) in [5.74, 6) is -1.21. The molecule has 1 aliphatic carbocycles. The second kappa shape index (κ2) is 3.61. The maximum atomic E-state index is 12.5. The van der Waals surface area contributed by atoms with Crippen LogP contribution in [0.15, 0.2) is 29.2 Å². The molecule has 0 bridgehead atoms. The molecule has 0 aromatic heterocycles. The van der Waals surface area contributed by atoms with Crippen LogP contribution in [0.3, 0.4) is 0 Å². The quantitative estimate of drug-likeness (QED) is 0.835. The number of carbonyl (C=O) groups is 1. The number of aliphatic carboxylic acids is 1. The first kappa shape index (κ1) is 9.52. The standard InChI is InChI=1S/C10H9FO2S/c11-6-1-3-7(4-2-6)14-9-5-8(9)10(12)13/h1-4,8-9H,5H2,(H,12,13). The van der Waals surface area contributed by atoms with E-state index in [9.17, 15) is 9.18 Å². The molecule has 1 fully saturated rings. The van der Waals surface area contributed by atoms with Crippen LogP contribution in [-0.2, 0) is 4.79 Å². The summed E-state index contributed by atoms with van der Waals surface area (Å²) in [6.07, 6.45) is 0.720. The molecule has 0 heterocycles. The Labute approximate surface area is 85.1 Å². The molecule has 0 aliphatic heterocycles. The van der Waals surface area contributed by atoms with Gasteiger partial charge in [-0.25, -0.2) is 4.39 Å². The lowest BCUT2D eigenvalue weighted by Gasteiger charge is -1.98. The highest BCUT2D eigenvalue weighted by molar-refractivity contribution is 8.00. The van der Waals surface area contributed by atoms with Gasteiger partial charge in [-0.05, 0) is 30.7 Å². The van der Waals surface area contributed by atoms with Gasteiger partial charge in [-0.3, -0.25) is 4.79 Å². The third-order valence-corrected chi connectivity index (χ3v) is 3.52. The van der Waals surface area contributed by atoms with Gasteiger partial charge in [-0.1, -0.05) is 0 Å². The fourth-order valence-corrected chi connectivity index (χ4v) is 2.48. The molecule has 2 nitrogen and oxygen atoms in total. The van der Waals surface area contributed by atoms with Crippen molar-refractivity contribution < 1.29 is 14.3 Å². The zero-order chi connectivity index (χ0) is 10.1. The topological polar surface area (TPSA) is 37.3 Å². The lowest BCUT2D eigenvalue weighted by Crippen LogP contribution is -1.99. The lowest BCUT2D eigenvalue weighted by molar-refractivity contribution is -0.138. The molecule has 1 aromatic carbocycles. The molecule has 74 valence electrons. The fourth-order valence-electron chi connectivity index (χ4n) is 1.25. The SMILES string of the molecule is O=C(O)C1CC1Sc1ccc(F)cc1. The highest BCUT2D eigenvalue weighted by atomic mass is 32.2. The van der Waals surface area contributed by atoms with E-state index in [1.165, 1.54) is 23.9 Å². The van der Waals surface area contributed by atoms with Crippen LogP contribution in [-0.4, -0.2) is 16.3 Å².